The molecule has 4 N–H and O–H groups in total. The van der Waals surface area contributed by atoms with Crippen molar-refractivity contribution in [3.8, 4) is 0 Å². The summed E-state index contributed by atoms with van der Waals surface area (Å²) >= 11 is 6.00. The molecule has 0 bridgehead atoms. The van der Waals surface area contributed by atoms with Crippen molar-refractivity contribution in [3.05, 3.63) is 70.2 Å². The van der Waals surface area contributed by atoms with Gasteiger partial charge < -0.3 is 25.6 Å². The van der Waals surface area contributed by atoms with Gasteiger partial charge in [0.15, 0.2) is 0 Å². The fraction of sp³-hybridized carbons (Fsp3) is 0.333. The Hall–Kier alpha value is -2.45. The molecule has 8 heteroatoms. The molecule has 0 saturated carbocycles. The standard InChI is InChI=1S/C21H23ClN2O5/c1-13-6-2-3-7-14(13)19(26)24-11-21(28)12-29-17(18(21)25)10-23-20(27)15-8-4-5-9-16(15)22/h2-9,17-18,25,28H,10-12H2,1H3,(H,23,27)(H,24,26)/t17-,18-,21+/m1/s1. The summed E-state index contributed by atoms with van der Waals surface area (Å²) in [6.45, 7) is 1.44. The highest BCUT2D eigenvalue weighted by Crippen LogP contribution is 2.24. The number of halogens is 1. The number of benzene rings is 2. The summed E-state index contributed by atoms with van der Waals surface area (Å²) in [5.74, 6) is -0.756. The summed E-state index contributed by atoms with van der Waals surface area (Å²) in [6, 6.07) is 13.7. The minimum absolute atomic E-state index is 0.0146. The van der Waals surface area contributed by atoms with Crippen molar-refractivity contribution in [2.24, 2.45) is 0 Å². The van der Waals surface area contributed by atoms with E-state index in [4.69, 9.17) is 16.3 Å². The van der Waals surface area contributed by atoms with Gasteiger partial charge in [-0.3, -0.25) is 9.59 Å². The van der Waals surface area contributed by atoms with Gasteiger partial charge in [-0.1, -0.05) is 41.9 Å². The van der Waals surface area contributed by atoms with Crippen molar-refractivity contribution in [3.63, 3.8) is 0 Å². The highest BCUT2D eigenvalue weighted by molar-refractivity contribution is 6.33. The van der Waals surface area contributed by atoms with E-state index in [0.29, 0.717) is 16.1 Å². The van der Waals surface area contributed by atoms with Gasteiger partial charge in [-0.05, 0) is 30.7 Å². The number of aliphatic hydroxyl groups is 2. The number of nitrogens with one attached hydrogen (secondary N) is 2. The van der Waals surface area contributed by atoms with Crippen LogP contribution in [0.4, 0.5) is 0 Å². The minimum atomic E-state index is -1.65. The predicted octanol–water partition coefficient (Wildman–Crippen LogP) is 1.30. The highest BCUT2D eigenvalue weighted by Gasteiger charge is 2.48. The zero-order chi connectivity index (χ0) is 21.0. The number of hydrogen-bond acceptors (Lipinski definition) is 5. The second-order valence-corrected chi connectivity index (χ2v) is 7.49. The molecule has 1 saturated heterocycles. The molecule has 29 heavy (non-hydrogen) atoms. The number of rotatable bonds is 6. The molecule has 0 unspecified atom stereocenters. The Morgan fingerprint density at radius 3 is 2.41 bits per heavy atom. The van der Waals surface area contributed by atoms with Gasteiger partial charge in [0.2, 0.25) is 0 Å². The Bertz CT molecular complexity index is 906. The molecule has 1 aliphatic rings. The average molecular weight is 419 g/mol. The van der Waals surface area contributed by atoms with Crippen LogP contribution in [0.5, 0.6) is 0 Å². The Balaban J connectivity index is 1.55. The van der Waals surface area contributed by atoms with Gasteiger partial charge in [0.1, 0.15) is 17.8 Å². The lowest BCUT2D eigenvalue weighted by atomic mass is 9.96. The number of aliphatic hydroxyl groups excluding tert-OH is 1. The first-order valence-corrected chi connectivity index (χ1v) is 9.58. The lowest BCUT2D eigenvalue weighted by molar-refractivity contribution is -0.0464. The van der Waals surface area contributed by atoms with E-state index < -0.39 is 23.7 Å². The number of amides is 2. The minimum Gasteiger partial charge on any atom is -0.387 e. The molecule has 2 aromatic rings. The van der Waals surface area contributed by atoms with Gasteiger partial charge in [-0.15, -0.1) is 0 Å². The first-order valence-electron chi connectivity index (χ1n) is 9.20. The van der Waals surface area contributed by atoms with Gasteiger partial charge in [-0.25, -0.2) is 0 Å². The smallest absolute Gasteiger partial charge is 0.252 e. The fourth-order valence-corrected chi connectivity index (χ4v) is 3.41. The van der Waals surface area contributed by atoms with E-state index in [2.05, 4.69) is 10.6 Å². The third-order valence-electron chi connectivity index (χ3n) is 4.98. The number of carbonyl (C=O) groups is 2. The molecule has 2 aromatic carbocycles. The van der Waals surface area contributed by atoms with Crippen LogP contribution in [-0.4, -0.2) is 59.5 Å². The highest BCUT2D eigenvalue weighted by atomic mass is 35.5. The average Bonchev–Trinajstić information content (AvgIpc) is 2.99. The SMILES string of the molecule is Cc1ccccc1C(=O)NC[C@]1(O)CO[C@H](CNC(=O)c2ccccc2Cl)[C@H]1O. The van der Waals surface area contributed by atoms with E-state index in [9.17, 15) is 19.8 Å². The van der Waals surface area contributed by atoms with E-state index in [1.165, 1.54) is 0 Å². The first kappa shape index (κ1) is 21.3. The molecule has 7 nitrogen and oxygen atoms in total. The Kier molecular flexibility index (Phi) is 6.54. The molecule has 3 atom stereocenters. The summed E-state index contributed by atoms with van der Waals surface area (Å²) in [5, 5.41) is 26.8. The molecular weight excluding hydrogens is 396 g/mol. The van der Waals surface area contributed by atoms with Crippen LogP contribution in [-0.2, 0) is 4.74 Å². The van der Waals surface area contributed by atoms with Crippen LogP contribution < -0.4 is 10.6 Å². The van der Waals surface area contributed by atoms with Crippen molar-refractivity contribution < 1.29 is 24.5 Å². The van der Waals surface area contributed by atoms with Gasteiger partial charge in [0.05, 0.1) is 23.7 Å². The van der Waals surface area contributed by atoms with Crippen LogP contribution in [0.15, 0.2) is 48.5 Å². The van der Waals surface area contributed by atoms with Crippen molar-refractivity contribution in [1.82, 2.24) is 10.6 Å². The monoisotopic (exact) mass is 418 g/mol. The van der Waals surface area contributed by atoms with Crippen molar-refractivity contribution >= 4 is 23.4 Å². The van der Waals surface area contributed by atoms with Crippen LogP contribution >= 0.6 is 11.6 Å². The van der Waals surface area contributed by atoms with E-state index in [0.717, 1.165) is 5.56 Å². The first-order chi connectivity index (χ1) is 13.8. The van der Waals surface area contributed by atoms with Crippen LogP contribution in [0.1, 0.15) is 26.3 Å². The molecule has 2 amide bonds. The molecular formula is C21H23ClN2O5. The largest absolute Gasteiger partial charge is 0.387 e. The molecule has 3 rings (SSSR count). The molecule has 1 fully saturated rings. The summed E-state index contributed by atoms with van der Waals surface area (Å²) in [7, 11) is 0. The van der Waals surface area contributed by atoms with Crippen molar-refractivity contribution in [2.75, 3.05) is 19.7 Å². The van der Waals surface area contributed by atoms with E-state index >= 15 is 0 Å². The summed E-state index contributed by atoms with van der Waals surface area (Å²) in [4.78, 5) is 24.6. The normalized spacial score (nSPS) is 23.6. The second kappa shape index (κ2) is 8.92. The lowest BCUT2D eigenvalue weighted by Crippen LogP contribution is -2.53. The molecule has 1 aliphatic heterocycles. The van der Waals surface area contributed by atoms with Gasteiger partial charge in [-0.2, -0.15) is 0 Å². The fourth-order valence-electron chi connectivity index (χ4n) is 3.19. The molecule has 0 aliphatic carbocycles. The third kappa shape index (κ3) is 4.76. The van der Waals surface area contributed by atoms with Crippen LogP contribution in [0.2, 0.25) is 5.02 Å². The zero-order valence-electron chi connectivity index (χ0n) is 15.9. The predicted molar refractivity (Wildman–Crippen MR) is 108 cm³/mol. The van der Waals surface area contributed by atoms with E-state index in [1.54, 1.807) is 36.4 Å². The third-order valence-corrected chi connectivity index (χ3v) is 5.31. The molecule has 0 aromatic heterocycles. The maximum absolute atomic E-state index is 12.3. The summed E-state index contributed by atoms with van der Waals surface area (Å²) in [5.41, 5.74) is -0.0474. The van der Waals surface area contributed by atoms with Gasteiger partial charge in [0.25, 0.3) is 11.8 Å². The number of carbonyl (C=O) groups excluding carboxylic acids is 2. The quantitative estimate of drug-likeness (QED) is 0.565. The van der Waals surface area contributed by atoms with Crippen LogP contribution in [0.3, 0.4) is 0 Å². The lowest BCUT2D eigenvalue weighted by Gasteiger charge is -2.26. The Morgan fingerprint density at radius 2 is 1.72 bits per heavy atom. The molecule has 1 heterocycles. The van der Waals surface area contributed by atoms with Crippen LogP contribution in [0.25, 0.3) is 0 Å². The maximum Gasteiger partial charge on any atom is 0.252 e. The Labute approximate surface area is 173 Å². The number of ether oxygens (including phenoxy) is 1. The van der Waals surface area contributed by atoms with Crippen molar-refractivity contribution in [1.29, 1.82) is 0 Å². The molecule has 154 valence electrons. The van der Waals surface area contributed by atoms with Gasteiger partial charge in [0, 0.05) is 12.1 Å². The zero-order valence-corrected chi connectivity index (χ0v) is 16.6. The van der Waals surface area contributed by atoms with Crippen LogP contribution in [0, 0.1) is 6.92 Å². The second-order valence-electron chi connectivity index (χ2n) is 7.09. The summed E-state index contributed by atoms with van der Waals surface area (Å²) in [6.07, 6.45) is -2.10. The van der Waals surface area contributed by atoms with Crippen molar-refractivity contribution in [2.45, 2.75) is 24.7 Å². The molecule has 0 radical (unpaired) electrons. The number of aryl methyl sites for hydroxylation is 1. The number of hydrogen-bond donors (Lipinski definition) is 4. The van der Waals surface area contributed by atoms with E-state index in [-0.39, 0.29) is 25.6 Å². The molecule has 0 spiro atoms. The maximum atomic E-state index is 12.3. The van der Waals surface area contributed by atoms with Gasteiger partial charge >= 0.3 is 0 Å². The topological polar surface area (TPSA) is 108 Å². The summed E-state index contributed by atoms with van der Waals surface area (Å²) < 4.78 is 5.46. The Morgan fingerprint density at radius 1 is 1.10 bits per heavy atom. The van der Waals surface area contributed by atoms with E-state index in [1.807, 2.05) is 19.1 Å².